The van der Waals surface area contributed by atoms with Crippen LogP contribution in [0.25, 0.3) is 11.3 Å². The molecule has 1 aromatic carbocycles. The Balaban J connectivity index is 1.63. The highest BCUT2D eigenvalue weighted by atomic mass is 16.2. The van der Waals surface area contributed by atoms with Crippen LogP contribution in [0.5, 0.6) is 0 Å². The lowest BCUT2D eigenvalue weighted by atomic mass is 9.76. The molecule has 1 saturated carbocycles. The molecule has 3 rings (SSSR count). The molecule has 150 valence electrons. The summed E-state index contributed by atoms with van der Waals surface area (Å²) in [6, 6.07) is 13.0. The topological polar surface area (TPSA) is 64.0 Å². The van der Waals surface area contributed by atoms with Crippen molar-refractivity contribution in [3.05, 3.63) is 52.8 Å². The second-order valence-corrected chi connectivity index (χ2v) is 8.92. The standard InChI is InChI=1S/C23H31N3O2/c1-23(2,3)18-10-7-11-19(13-12-18)24-21(27)16-26-22(28)15-14-20(25-26)17-8-5-4-6-9-17/h4-6,8-9,14-15,18-19H,7,10-13,16H2,1-3H3,(H,24,27)/t18-,19-/m0/s1. The highest BCUT2D eigenvalue weighted by Crippen LogP contribution is 2.36. The molecule has 0 saturated heterocycles. The van der Waals surface area contributed by atoms with Crippen molar-refractivity contribution in [2.24, 2.45) is 11.3 Å². The third-order valence-corrected chi connectivity index (χ3v) is 5.79. The number of hydrogen-bond acceptors (Lipinski definition) is 3. The van der Waals surface area contributed by atoms with E-state index in [1.54, 1.807) is 6.07 Å². The number of benzene rings is 1. The first-order valence-electron chi connectivity index (χ1n) is 10.3. The van der Waals surface area contributed by atoms with Gasteiger partial charge in [0.05, 0.1) is 5.69 Å². The third kappa shape index (κ3) is 5.31. The minimum absolute atomic E-state index is 0.0430. The van der Waals surface area contributed by atoms with Gasteiger partial charge in [0.2, 0.25) is 5.91 Å². The fourth-order valence-electron chi connectivity index (χ4n) is 4.05. The van der Waals surface area contributed by atoms with Crippen LogP contribution in [0.2, 0.25) is 0 Å². The maximum absolute atomic E-state index is 12.6. The first kappa shape index (κ1) is 20.3. The molecule has 1 heterocycles. The van der Waals surface area contributed by atoms with Crippen molar-refractivity contribution in [2.75, 3.05) is 0 Å². The van der Waals surface area contributed by atoms with Gasteiger partial charge in [-0.05, 0) is 43.1 Å². The zero-order valence-corrected chi connectivity index (χ0v) is 17.1. The van der Waals surface area contributed by atoms with Crippen LogP contribution < -0.4 is 10.9 Å². The van der Waals surface area contributed by atoms with E-state index in [2.05, 4.69) is 31.2 Å². The number of nitrogens with one attached hydrogen (secondary N) is 1. The Hall–Kier alpha value is -2.43. The normalized spacial score (nSPS) is 20.4. The molecule has 0 unspecified atom stereocenters. The second-order valence-electron chi connectivity index (χ2n) is 8.92. The van der Waals surface area contributed by atoms with Crippen molar-refractivity contribution >= 4 is 5.91 Å². The fourth-order valence-corrected chi connectivity index (χ4v) is 4.05. The van der Waals surface area contributed by atoms with E-state index in [1.165, 1.54) is 17.2 Å². The van der Waals surface area contributed by atoms with Gasteiger partial charge in [-0.3, -0.25) is 9.59 Å². The summed E-state index contributed by atoms with van der Waals surface area (Å²) in [5.41, 5.74) is 1.67. The molecule has 1 amide bonds. The number of nitrogens with zero attached hydrogens (tertiary/aromatic N) is 2. The molecule has 0 radical (unpaired) electrons. The van der Waals surface area contributed by atoms with Crippen molar-refractivity contribution in [2.45, 2.75) is 65.5 Å². The Morgan fingerprint density at radius 2 is 1.82 bits per heavy atom. The number of carbonyl (C=O) groups excluding carboxylic acids is 1. The lowest BCUT2D eigenvalue weighted by molar-refractivity contribution is -0.122. The van der Waals surface area contributed by atoms with Crippen LogP contribution in [-0.2, 0) is 11.3 Å². The van der Waals surface area contributed by atoms with Gasteiger partial charge >= 0.3 is 0 Å². The van der Waals surface area contributed by atoms with Gasteiger partial charge in [-0.1, -0.05) is 57.5 Å². The Kier molecular flexibility index (Phi) is 6.32. The molecule has 0 bridgehead atoms. The molecular formula is C23H31N3O2. The largest absolute Gasteiger partial charge is 0.352 e. The van der Waals surface area contributed by atoms with Crippen LogP contribution in [0.4, 0.5) is 0 Å². The molecule has 1 fully saturated rings. The van der Waals surface area contributed by atoms with Crippen LogP contribution in [0.15, 0.2) is 47.3 Å². The highest BCUT2D eigenvalue weighted by Gasteiger charge is 2.28. The summed E-state index contributed by atoms with van der Waals surface area (Å²) in [5, 5.41) is 7.51. The van der Waals surface area contributed by atoms with Gasteiger partial charge in [0.25, 0.3) is 5.56 Å². The quantitative estimate of drug-likeness (QED) is 0.814. The number of rotatable bonds is 4. The van der Waals surface area contributed by atoms with E-state index in [0.717, 1.165) is 31.2 Å². The number of aromatic nitrogens is 2. The van der Waals surface area contributed by atoms with Crippen LogP contribution >= 0.6 is 0 Å². The predicted molar refractivity (Wildman–Crippen MR) is 112 cm³/mol. The maximum atomic E-state index is 12.6. The zero-order chi connectivity index (χ0) is 20.1. The van der Waals surface area contributed by atoms with E-state index in [-0.39, 0.29) is 24.1 Å². The number of carbonyl (C=O) groups is 1. The summed E-state index contributed by atoms with van der Waals surface area (Å²) in [4.78, 5) is 24.7. The number of hydrogen-bond donors (Lipinski definition) is 1. The van der Waals surface area contributed by atoms with Gasteiger partial charge in [-0.15, -0.1) is 0 Å². The molecule has 0 aliphatic heterocycles. The van der Waals surface area contributed by atoms with Gasteiger partial charge in [-0.25, -0.2) is 4.68 Å². The summed E-state index contributed by atoms with van der Waals surface area (Å²) in [6.45, 7) is 6.86. The van der Waals surface area contributed by atoms with Crippen LogP contribution in [0, 0.1) is 11.3 Å². The van der Waals surface area contributed by atoms with Crippen LogP contribution in [0.3, 0.4) is 0 Å². The van der Waals surface area contributed by atoms with Gasteiger partial charge in [0, 0.05) is 17.7 Å². The summed E-state index contributed by atoms with van der Waals surface area (Å²) >= 11 is 0. The lowest BCUT2D eigenvalue weighted by Gasteiger charge is -2.29. The summed E-state index contributed by atoms with van der Waals surface area (Å²) in [6.07, 6.45) is 5.49. The Bertz CT molecular complexity index is 852. The van der Waals surface area contributed by atoms with Crippen molar-refractivity contribution in [1.82, 2.24) is 15.1 Å². The van der Waals surface area contributed by atoms with E-state index >= 15 is 0 Å². The minimum Gasteiger partial charge on any atom is -0.352 e. The van der Waals surface area contributed by atoms with Crippen molar-refractivity contribution < 1.29 is 4.79 Å². The molecule has 1 aromatic heterocycles. The van der Waals surface area contributed by atoms with Crippen molar-refractivity contribution in [1.29, 1.82) is 0 Å². The Labute approximate surface area is 167 Å². The molecule has 2 aromatic rings. The van der Waals surface area contributed by atoms with Gasteiger partial charge in [0.1, 0.15) is 6.54 Å². The molecule has 5 heteroatoms. The monoisotopic (exact) mass is 381 g/mol. The molecule has 1 aliphatic rings. The van der Waals surface area contributed by atoms with E-state index in [4.69, 9.17) is 0 Å². The van der Waals surface area contributed by atoms with Crippen molar-refractivity contribution in [3.63, 3.8) is 0 Å². The van der Waals surface area contributed by atoms with Crippen LogP contribution in [0.1, 0.15) is 52.9 Å². The average molecular weight is 382 g/mol. The Morgan fingerprint density at radius 3 is 2.54 bits per heavy atom. The predicted octanol–water partition coefficient (Wildman–Crippen LogP) is 4.02. The summed E-state index contributed by atoms with van der Waals surface area (Å²) in [7, 11) is 0. The summed E-state index contributed by atoms with van der Waals surface area (Å²) < 4.78 is 1.26. The van der Waals surface area contributed by atoms with Gasteiger partial charge in [-0.2, -0.15) is 5.10 Å². The molecule has 1 aliphatic carbocycles. The van der Waals surface area contributed by atoms with E-state index in [9.17, 15) is 9.59 Å². The highest BCUT2D eigenvalue weighted by molar-refractivity contribution is 5.76. The summed E-state index contributed by atoms with van der Waals surface area (Å²) in [5.74, 6) is 0.556. The lowest BCUT2D eigenvalue weighted by Crippen LogP contribution is -2.39. The molecule has 1 N–H and O–H groups in total. The third-order valence-electron chi connectivity index (χ3n) is 5.79. The first-order chi connectivity index (χ1) is 13.3. The molecule has 5 nitrogen and oxygen atoms in total. The first-order valence-corrected chi connectivity index (χ1v) is 10.3. The SMILES string of the molecule is CC(C)(C)[C@H]1CCC[C@H](NC(=O)Cn2nc(-c3ccccc3)ccc2=O)CC1. The van der Waals surface area contributed by atoms with Gasteiger partial charge in [0.15, 0.2) is 0 Å². The van der Waals surface area contributed by atoms with Gasteiger partial charge < -0.3 is 5.32 Å². The molecule has 2 atom stereocenters. The molecule has 28 heavy (non-hydrogen) atoms. The average Bonchev–Trinajstić information content (AvgIpc) is 2.90. The van der Waals surface area contributed by atoms with Crippen molar-refractivity contribution in [3.8, 4) is 11.3 Å². The Morgan fingerprint density at radius 1 is 1.07 bits per heavy atom. The minimum atomic E-state index is -0.261. The molecular weight excluding hydrogens is 350 g/mol. The second kappa shape index (κ2) is 8.72. The van der Waals surface area contributed by atoms with Crippen LogP contribution in [-0.4, -0.2) is 21.7 Å². The van der Waals surface area contributed by atoms with E-state index in [1.807, 2.05) is 30.3 Å². The molecule has 0 spiro atoms. The smallest absolute Gasteiger partial charge is 0.267 e. The zero-order valence-electron chi connectivity index (χ0n) is 17.1. The fraction of sp³-hybridized carbons (Fsp3) is 0.522. The number of amides is 1. The van der Waals surface area contributed by atoms with E-state index < -0.39 is 0 Å². The maximum Gasteiger partial charge on any atom is 0.267 e. The van der Waals surface area contributed by atoms with E-state index in [0.29, 0.717) is 17.0 Å².